The summed E-state index contributed by atoms with van der Waals surface area (Å²) < 4.78 is 40.5. The number of methoxy groups -OCH3 is 1. The minimum absolute atomic E-state index is 0.0353. The molecule has 0 aliphatic heterocycles. The first kappa shape index (κ1) is 11.6. The van der Waals surface area contributed by atoms with Gasteiger partial charge in [-0.15, -0.1) is 0 Å². The number of halogens is 3. The fraction of sp³-hybridized carbons (Fsp3) is 0.300. The van der Waals surface area contributed by atoms with Gasteiger partial charge >= 0.3 is 6.18 Å². The highest BCUT2D eigenvalue weighted by atomic mass is 19.4. The third-order valence-corrected chi connectivity index (χ3v) is 1.77. The molecular weight excluding hydrogens is 209 g/mol. The maximum atomic E-state index is 11.9. The highest BCUT2D eigenvalue weighted by Crippen LogP contribution is 2.22. The number of Topliss-reactive ketones (excluding diaryl/α,β-unsaturated/α-hetero) is 1. The predicted octanol–water partition coefficient (Wildman–Crippen LogP) is 2.83. The average molecular weight is 218 g/mol. The fourth-order valence-corrected chi connectivity index (χ4v) is 1.06. The number of alkyl halides is 3. The van der Waals surface area contributed by atoms with Crippen LogP contribution in [-0.2, 0) is 0 Å². The number of hydrogen-bond donors (Lipinski definition) is 0. The molecule has 82 valence electrons. The van der Waals surface area contributed by atoms with Crippen LogP contribution in [0.15, 0.2) is 24.3 Å². The molecule has 1 rings (SSSR count). The van der Waals surface area contributed by atoms with E-state index in [1.54, 1.807) is 0 Å². The summed E-state index contributed by atoms with van der Waals surface area (Å²) in [4.78, 5) is 11.1. The zero-order chi connectivity index (χ0) is 11.5. The van der Waals surface area contributed by atoms with E-state index >= 15 is 0 Å². The van der Waals surface area contributed by atoms with E-state index in [1.165, 1.54) is 31.4 Å². The third-order valence-electron chi connectivity index (χ3n) is 1.77. The topological polar surface area (TPSA) is 26.3 Å². The van der Waals surface area contributed by atoms with Crippen LogP contribution in [0.2, 0.25) is 0 Å². The lowest BCUT2D eigenvalue weighted by Crippen LogP contribution is -2.14. The zero-order valence-electron chi connectivity index (χ0n) is 7.97. The number of ketones is 1. The van der Waals surface area contributed by atoms with E-state index in [9.17, 15) is 18.0 Å². The lowest BCUT2D eigenvalue weighted by atomic mass is 10.1. The number of ether oxygens (including phenoxy) is 1. The highest BCUT2D eigenvalue weighted by Gasteiger charge is 2.31. The first-order valence-electron chi connectivity index (χ1n) is 4.16. The molecule has 5 heteroatoms. The molecule has 0 aromatic heterocycles. The van der Waals surface area contributed by atoms with Gasteiger partial charge in [0.2, 0.25) is 0 Å². The molecule has 0 bridgehead atoms. The first-order valence-corrected chi connectivity index (χ1v) is 4.16. The standard InChI is InChI=1S/C10H9F3O2/c1-15-8-4-2-7(3-5-8)9(14)6-10(11,12)13/h2-5H,6H2,1H3. The van der Waals surface area contributed by atoms with Crippen molar-refractivity contribution in [2.75, 3.05) is 7.11 Å². The Kier molecular flexibility index (Phi) is 3.34. The second-order valence-electron chi connectivity index (χ2n) is 2.94. The smallest absolute Gasteiger partial charge is 0.396 e. The van der Waals surface area contributed by atoms with Gasteiger partial charge in [-0.05, 0) is 24.3 Å². The molecule has 0 saturated heterocycles. The quantitative estimate of drug-likeness (QED) is 0.729. The second kappa shape index (κ2) is 4.33. The van der Waals surface area contributed by atoms with Gasteiger partial charge in [0.05, 0.1) is 7.11 Å². The van der Waals surface area contributed by atoms with Gasteiger partial charge in [-0.25, -0.2) is 0 Å². The van der Waals surface area contributed by atoms with E-state index in [2.05, 4.69) is 0 Å². The maximum Gasteiger partial charge on any atom is 0.396 e. The van der Waals surface area contributed by atoms with Gasteiger partial charge in [0, 0.05) is 5.56 Å². The summed E-state index contributed by atoms with van der Waals surface area (Å²) >= 11 is 0. The molecule has 0 unspecified atom stereocenters. The fourth-order valence-electron chi connectivity index (χ4n) is 1.06. The van der Waals surface area contributed by atoms with Crippen LogP contribution >= 0.6 is 0 Å². The van der Waals surface area contributed by atoms with Gasteiger partial charge in [0.15, 0.2) is 5.78 Å². The molecule has 0 amide bonds. The molecule has 0 radical (unpaired) electrons. The Morgan fingerprint density at radius 1 is 1.27 bits per heavy atom. The zero-order valence-corrected chi connectivity index (χ0v) is 7.97. The van der Waals surface area contributed by atoms with Crippen LogP contribution in [0.4, 0.5) is 13.2 Å². The Morgan fingerprint density at radius 2 is 1.80 bits per heavy atom. The van der Waals surface area contributed by atoms with Gasteiger partial charge in [0.25, 0.3) is 0 Å². The number of hydrogen-bond acceptors (Lipinski definition) is 2. The molecule has 0 saturated carbocycles. The molecule has 0 aliphatic rings. The first-order chi connectivity index (χ1) is 6.92. The molecule has 0 aliphatic carbocycles. The summed E-state index contributed by atoms with van der Waals surface area (Å²) in [5.74, 6) is -0.441. The van der Waals surface area contributed by atoms with Crippen LogP contribution in [0.5, 0.6) is 5.75 Å². The van der Waals surface area contributed by atoms with Crippen LogP contribution in [0, 0.1) is 0 Å². The Balaban J connectivity index is 2.75. The van der Waals surface area contributed by atoms with E-state index in [1.807, 2.05) is 0 Å². The summed E-state index contributed by atoms with van der Waals surface area (Å²) in [5, 5.41) is 0. The van der Waals surface area contributed by atoms with Crippen LogP contribution in [-0.4, -0.2) is 19.1 Å². The van der Waals surface area contributed by atoms with Gasteiger partial charge in [-0.1, -0.05) is 0 Å². The third kappa shape index (κ3) is 3.61. The van der Waals surface area contributed by atoms with Crippen molar-refractivity contribution >= 4 is 5.78 Å². The van der Waals surface area contributed by atoms with Crippen molar-refractivity contribution in [3.05, 3.63) is 29.8 Å². The number of carbonyl (C=O) groups excluding carboxylic acids is 1. The lowest BCUT2D eigenvalue weighted by molar-refractivity contribution is -0.125. The molecule has 1 aromatic rings. The van der Waals surface area contributed by atoms with Crippen molar-refractivity contribution in [2.45, 2.75) is 12.6 Å². The summed E-state index contributed by atoms with van der Waals surface area (Å²) in [6.45, 7) is 0. The minimum atomic E-state index is -4.46. The van der Waals surface area contributed by atoms with E-state index in [0.717, 1.165) is 0 Å². The van der Waals surface area contributed by atoms with E-state index in [4.69, 9.17) is 4.74 Å². The lowest BCUT2D eigenvalue weighted by Gasteiger charge is -2.05. The van der Waals surface area contributed by atoms with E-state index in [0.29, 0.717) is 5.75 Å². The maximum absolute atomic E-state index is 11.9. The second-order valence-corrected chi connectivity index (χ2v) is 2.94. The molecule has 0 atom stereocenters. The van der Waals surface area contributed by atoms with Crippen LogP contribution < -0.4 is 4.74 Å². The molecular formula is C10H9F3O2. The van der Waals surface area contributed by atoms with Crippen molar-refractivity contribution in [3.8, 4) is 5.75 Å². The predicted molar refractivity (Wildman–Crippen MR) is 48.0 cm³/mol. The van der Waals surface area contributed by atoms with Crippen molar-refractivity contribution in [3.63, 3.8) is 0 Å². The number of carbonyl (C=O) groups is 1. The molecule has 0 N–H and O–H groups in total. The molecule has 1 aromatic carbocycles. The largest absolute Gasteiger partial charge is 0.497 e. The highest BCUT2D eigenvalue weighted by molar-refractivity contribution is 5.96. The van der Waals surface area contributed by atoms with Crippen LogP contribution in [0.25, 0.3) is 0 Å². The molecule has 0 heterocycles. The van der Waals surface area contributed by atoms with Gasteiger partial charge in [-0.2, -0.15) is 13.2 Å². The van der Waals surface area contributed by atoms with Crippen molar-refractivity contribution in [1.29, 1.82) is 0 Å². The monoisotopic (exact) mass is 218 g/mol. The number of benzene rings is 1. The van der Waals surface area contributed by atoms with Gasteiger partial charge in [-0.3, -0.25) is 4.79 Å². The SMILES string of the molecule is COc1ccc(C(=O)CC(F)(F)F)cc1. The Bertz CT molecular complexity index is 341. The van der Waals surface area contributed by atoms with Crippen LogP contribution in [0.3, 0.4) is 0 Å². The van der Waals surface area contributed by atoms with Crippen molar-refractivity contribution < 1.29 is 22.7 Å². The molecule has 0 spiro atoms. The van der Waals surface area contributed by atoms with Gasteiger partial charge in [0.1, 0.15) is 12.2 Å². The summed E-state index contributed by atoms with van der Waals surface area (Å²) in [5.41, 5.74) is 0.0353. The Labute approximate surface area is 84.7 Å². The van der Waals surface area contributed by atoms with Crippen molar-refractivity contribution in [1.82, 2.24) is 0 Å². The summed E-state index contributed by atoms with van der Waals surface area (Å²) in [7, 11) is 1.44. The number of rotatable bonds is 3. The summed E-state index contributed by atoms with van der Waals surface area (Å²) in [6, 6.07) is 5.52. The van der Waals surface area contributed by atoms with E-state index < -0.39 is 18.4 Å². The van der Waals surface area contributed by atoms with Gasteiger partial charge < -0.3 is 4.74 Å². The summed E-state index contributed by atoms with van der Waals surface area (Å²) in [6.07, 6.45) is -5.89. The molecule has 15 heavy (non-hydrogen) atoms. The minimum Gasteiger partial charge on any atom is -0.497 e. The van der Waals surface area contributed by atoms with Crippen LogP contribution in [0.1, 0.15) is 16.8 Å². The molecule has 2 nitrogen and oxygen atoms in total. The normalized spacial score (nSPS) is 11.2. The van der Waals surface area contributed by atoms with Crippen molar-refractivity contribution in [2.24, 2.45) is 0 Å². The Hall–Kier alpha value is -1.52. The average Bonchev–Trinajstić information content (AvgIpc) is 2.15. The van der Waals surface area contributed by atoms with E-state index in [-0.39, 0.29) is 5.56 Å². The Morgan fingerprint density at radius 3 is 2.20 bits per heavy atom. The molecule has 0 fully saturated rings.